The smallest absolute Gasteiger partial charge is 0.336 e. The number of amides is 1. The zero-order chi connectivity index (χ0) is 14.7. The van der Waals surface area contributed by atoms with Crippen LogP contribution in [0.1, 0.15) is 10.4 Å². The number of benzene rings is 1. The molecule has 1 fully saturated rings. The summed E-state index contributed by atoms with van der Waals surface area (Å²) in [6.07, 6.45) is -0.797. The molecule has 0 radical (unpaired) electrons. The molecule has 5 nitrogen and oxygen atoms in total. The van der Waals surface area contributed by atoms with Crippen molar-refractivity contribution >= 4 is 27.8 Å². The van der Waals surface area contributed by atoms with E-state index in [9.17, 15) is 14.0 Å². The summed E-state index contributed by atoms with van der Waals surface area (Å²) in [7, 11) is 1.26. The minimum Gasteiger partial charge on any atom is -0.467 e. The van der Waals surface area contributed by atoms with Crippen LogP contribution in [0.3, 0.4) is 0 Å². The van der Waals surface area contributed by atoms with Crippen molar-refractivity contribution in [3.05, 3.63) is 34.1 Å². The summed E-state index contributed by atoms with van der Waals surface area (Å²) in [6, 6.07) is 3.97. The van der Waals surface area contributed by atoms with Crippen LogP contribution >= 0.6 is 15.9 Å². The molecular formula is C13H13BrFNO4. The van der Waals surface area contributed by atoms with Gasteiger partial charge in [-0.3, -0.25) is 4.79 Å². The van der Waals surface area contributed by atoms with Gasteiger partial charge in [0.15, 0.2) is 6.10 Å². The van der Waals surface area contributed by atoms with Crippen molar-refractivity contribution in [2.75, 3.05) is 26.8 Å². The third-order valence-corrected chi connectivity index (χ3v) is 3.39. The van der Waals surface area contributed by atoms with Gasteiger partial charge in [0, 0.05) is 16.6 Å². The molecule has 1 saturated heterocycles. The number of ether oxygens (including phenoxy) is 2. The fourth-order valence-electron chi connectivity index (χ4n) is 1.97. The van der Waals surface area contributed by atoms with Gasteiger partial charge in [-0.1, -0.05) is 15.9 Å². The SMILES string of the molecule is COC(=O)C1CN(C(=O)c2cc(F)cc(Br)c2)CCO1. The molecule has 0 saturated carbocycles. The molecule has 1 aromatic carbocycles. The Bertz CT molecular complexity index is 517. The van der Waals surface area contributed by atoms with Gasteiger partial charge >= 0.3 is 5.97 Å². The first-order chi connectivity index (χ1) is 9.51. The largest absolute Gasteiger partial charge is 0.467 e. The minimum atomic E-state index is -0.797. The predicted octanol–water partition coefficient (Wildman–Crippen LogP) is 1.60. The number of rotatable bonds is 2. The van der Waals surface area contributed by atoms with E-state index in [0.717, 1.165) is 6.07 Å². The van der Waals surface area contributed by atoms with Crippen molar-refractivity contribution in [2.24, 2.45) is 0 Å². The fraction of sp³-hybridized carbons (Fsp3) is 0.385. The lowest BCUT2D eigenvalue weighted by atomic mass is 10.1. The van der Waals surface area contributed by atoms with Crippen LogP contribution in [0.2, 0.25) is 0 Å². The molecule has 7 heteroatoms. The Hall–Kier alpha value is -1.47. The van der Waals surface area contributed by atoms with E-state index in [1.807, 2.05) is 0 Å². The highest BCUT2D eigenvalue weighted by Gasteiger charge is 2.30. The number of esters is 1. The normalized spacial score (nSPS) is 18.8. The van der Waals surface area contributed by atoms with Crippen LogP contribution in [-0.2, 0) is 14.3 Å². The quantitative estimate of drug-likeness (QED) is 0.764. The molecule has 1 amide bonds. The highest BCUT2D eigenvalue weighted by atomic mass is 79.9. The van der Waals surface area contributed by atoms with Crippen LogP contribution in [0.15, 0.2) is 22.7 Å². The van der Waals surface area contributed by atoms with E-state index in [0.29, 0.717) is 11.0 Å². The van der Waals surface area contributed by atoms with Crippen molar-refractivity contribution < 1.29 is 23.5 Å². The highest BCUT2D eigenvalue weighted by molar-refractivity contribution is 9.10. The summed E-state index contributed by atoms with van der Waals surface area (Å²) in [5.74, 6) is -1.37. The third-order valence-electron chi connectivity index (χ3n) is 2.93. The third kappa shape index (κ3) is 3.34. The summed E-state index contributed by atoms with van der Waals surface area (Å²) in [5, 5.41) is 0. The molecule has 1 unspecified atom stereocenters. The Morgan fingerprint density at radius 3 is 2.85 bits per heavy atom. The van der Waals surface area contributed by atoms with Crippen molar-refractivity contribution in [3.63, 3.8) is 0 Å². The molecule has 0 spiro atoms. The summed E-state index contributed by atoms with van der Waals surface area (Å²) < 4.78 is 23.6. The average Bonchev–Trinajstić information content (AvgIpc) is 2.44. The van der Waals surface area contributed by atoms with Gasteiger partial charge in [0.1, 0.15) is 5.82 Å². The van der Waals surface area contributed by atoms with Crippen molar-refractivity contribution in [3.8, 4) is 0 Å². The highest BCUT2D eigenvalue weighted by Crippen LogP contribution is 2.18. The first-order valence-electron chi connectivity index (χ1n) is 5.96. The molecule has 0 aromatic heterocycles. The average molecular weight is 346 g/mol. The van der Waals surface area contributed by atoms with Gasteiger partial charge in [-0.15, -0.1) is 0 Å². The van der Waals surface area contributed by atoms with Gasteiger partial charge in [0.05, 0.1) is 20.3 Å². The van der Waals surface area contributed by atoms with Crippen LogP contribution < -0.4 is 0 Å². The van der Waals surface area contributed by atoms with Gasteiger partial charge in [-0.2, -0.15) is 0 Å². The first-order valence-corrected chi connectivity index (χ1v) is 6.75. The Morgan fingerprint density at radius 2 is 2.20 bits per heavy atom. The van der Waals surface area contributed by atoms with E-state index in [4.69, 9.17) is 4.74 Å². The van der Waals surface area contributed by atoms with Crippen LogP contribution in [0.5, 0.6) is 0 Å². The molecule has 108 valence electrons. The topological polar surface area (TPSA) is 55.8 Å². The second kappa shape index (κ2) is 6.32. The molecule has 1 atom stereocenters. The molecule has 1 aliphatic heterocycles. The van der Waals surface area contributed by atoms with Crippen LogP contribution in [0, 0.1) is 5.82 Å². The Labute approximate surface area is 123 Å². The maximum Gasteiger partial charge on any atom is 0.336 e. The van der Waals surface area contributed by atoms with Crippen LogP contribution in [0.25, 0.3) is 0 Å². The number of methoxy groups -OCH3 is 1. The molecule has 0 aliphatic carbocycles. The predicted molar refractivity (Wildman–Crippen MR) is 71.8 cm³/mol. The molecular weight excluding hydrogens is 333 g/mol. The van der Waals surface area contributed by atoms with Crippen molar-refractivity contribution in [1.82, 2.24) is 4.90 Å². The lowest BCUT2D eigenvalue weighted by Crippen LogP contribution is -2.48. The van der Waals surface area contributed by atoms with E-state index in [-0.39, 0.29) is 24.6 Å². The van der Waals surface area contributed by atoms with E-state index >= 15 is 0 Å². The Kier molecular flexibility index (Phi) is 4.72. The molecule has 0 N–H and O–H groups in total. The van der Waals surface area contributed by atoms with E-state index in [1.54, 1.807) is 0 Å². The number of carbonyl (C=O) groups excluding carboxylic acids is 2. The van der Waals surface area contributed by atoms with Gasteiger partial charge in [0.2, 0.25) is 0 Å². The number of hydrogen-bond donors (Lipinski definition) is 0. The van der Waals surface area contributed by atoms with Crippen molar-refractivity contribution in [2.45, 2.75) is 6.10 Å². The summed E-state index contributed by atoms with van der Waals surface area (Å²) in [6.45, 7) is 0.683. The Balaban J connectivity index is 2.14. The first kappa shape index (κ1) is 14.9. The number of carbonyl (C=O) groups is 2. The zero-order valence-electron chi connectivity index (χ0n) is 10.8. The number of nitrogens with zero attached hydrogens (tertiary/aromatic N) is 1. The maximum absolute atomic E-state index is 13.3. The fourth-order valence-corrected chi connectivity index (χ4v) is 2.43. The van der Waals surface area contributed by atoms with Crippen molar-refractivity contribution in [1.29, 1.82) is 0 Å². The lowest BCUT2D eigenvalue weighted by Gasteiger charge is -2.31. The monoisotopic (exact) mass is 345 g/mol. The molecule has 1 heterocycles. The Morgan fingerprint density at radius 1 is 1.45 bits per heavy atom. The van der Waals surface area contributed by atoms with Gasteiger partial charge < -0.3 is 14.4 Å². The molecule has 2 rings (SSSR count). The standard InChI is InChI=1S/C13H13BrFNO4/c1-19-13(18)11-7-16(2-3-20-11)12(17)8-4-9(14)6-10(15)5-8/h4-6,11H,2-3,7H2,1H3. The second-order valence-corrected chi connectivity index (χ2v) is 5.21. The lowest BCUT2D eigenvalue weighted by molar-refractivity contribution is -0.158. The molecule has 1 aromatic rings. The second-order valence-electron chi connectivity index (χ2n) is 4.29. The molecule has 1 aliphatic rings. The van der Waals surface area contributed by atoms with Gasteiger partial charge in [-0.25, -0.2) is 9.18 Å². The van der Waals surface area contributed by atoms with Crippen LogP contribution in [0.4, 0.5) is 4.39 Å². The summed E-state index contributed by atoms with van der Waals surface area (Å²) >= 11 is 3.14. The van der Waals surface area contributed by atoms with Crippen LogP contribution in [-0.4, -0.2) is 49.7 Å². The number of morpholine rings is 1. The van der Waals surface area contributed by atoms with Gasteiger partial charge in [-0.05, 0) is 18.2 Å². The zero-order valence-corrected chi connectivity index (χ0v) is 12.4. The number of halogens is 2. The summed E-state index contributed by atoms with van der Waals surface area (Å²) in [5.41, 5.74) is 0.224. The molecule has 20 heavy (non-hydrogen) atoms. The molecule has 0 bridgehead atoms. The van der Waals surface area contributed by atoms with E-state index in [1.165, 1.54) is 24.1 Å². The van der Waals surface area contributed by atoms with E-state index < -0.39 is 17.9 Å². The summed E-state index contributed by atoms with van der Waals surface area (Å²) in [4.78, 5) is 25.2. The van der Waals surface area contributed by atoms with E-state index in [2.05, 4.69) is 20.7 Å². The number of hydrogen-bond acceptors (Lipinski definition) is 4. The minimum absolute atomic E-state index is 0.0969. The maximum atomic E-state index is 13.3. The van der Waals surface area contributed by atoms with Gasteiger partial charge in [0.25, 0.3) is 5.91 Å².